The minimum atomic E-state index is -0.386. The quantitative estimate of drug-likeness (QED) is 0.432. The summed E-state index contributed by atoms with van der Waals surface area (Å²) >= 11 is 0. The molecule has 2 aliphatic heterocycles. The van der Waals surface area contributed by atoms with Crippen molar-refractivity contribution in [3.8, 4) is 40.0 Å². The number of methoxy groups -OCH3 is 2. The van der Waals surface area contributed by atoms with Gasteiger partial charge in [0.1, 0.15) is 0 Å². The predicted molar refractivity (Wildman–Crippen MR) is 104 cm³/mol. The number of aromatic nitrogens is 1. The lowest BCUT2D eigenvalue weighted by Crippen LogP contribution is -3.00. The van der Waals surface area contributed by atoms with Gasteiger partial charge in [-0.3, -0.25) is 4.79 Å². The van der Waals surface area contributed by atoms with Crippen molar-refractivity contribution in [2.45, 2.75) is 19.9 Å². The molecule has 3 aromatic rings. The van der Waals surface area contributed by atoms with Gasteiger partial charge in [0.2, 0.25) is 12.5 Å². The highest BCUT2D eigenvalue weighted by Crippen LogP contribution is 2.46. The summed E-state index contributed by atoms with van der Waals surface area (Å²) in [4.78, 5) is 12.0. The van der Waals surface area contributed by atoms with Crippen molar-refractivity contribution in [2.24, 2.45) is 0 Å². The third kappa shape index (κ3) is 2.97. The van der Waals surface area contributed by atoms with Crippen LogP contribution in [0.15, 0.2) is 30.5 Å². The number of pyridine rings is 1. The molecule has 30 heavy (non-hydrogen) atoms. The maximum Gasteiger partial charge on any atom is 0.308 e. The highest BCUT2D eigenvalue weighted by atomic mass is 35.5. The summed E-state index contributed by atoms with van der Waals surface area (Å²) < 4.78 is 30.0. The Morgan fingerprint density at radius 1 is 1.03 bits per heavy atom. The molecule has 0 amide bonds. The fourth-order valence-electron chi connectivity index (χ4n) is 4.11. The molecule has 0 atom stereocenters. The van der Waals surface area contributed by atoms with Gasteiger partial charge < -0.3 is 36.1 Å². The summed E-state index contributed by atoms with van der Waals surface area (Å²) in [6, 6.07) is 7.67. The normalized spacial score (nSPS) is 13.2. The van der Waals surface area contributed by atoms with Gasteiger partial charge in [-0.2, -0.15) is 4.57 Å². The number of hydrogen-bond donors (Lipinski definition) is 0. The first kappa shape index (κ1) is 20.1. The molecule has 0 saturated heterocycles. The third-order valence-electron chi connectivity index (χ3n) is 5.34. The van der Waals surface area contributed by atoms with E-state index in [1.807, 2.05) is 30.5 Å². The smallest absolute Gasteiger partial charge is 0.308 e. The van der Waals surface area contributed by atoms with Crippen LogP contribution in [0, 0.1) is 0 Å². The molecule has 156 valence electrons. The standard InChI is InChI=1S/C22H20NO6.ClH/c1-12(24)29-22-14-4-5-17(25-2)21(26-3)16(14)10-23-7-6-13-8-18-19(28-11-27-18)9-15(13)20(22)23;/h4-5,8-10H,6-7,11H2,1-3H3;1H/q+1;/p-1. The van der Waals surface area contributed by atoms with Gasteiger partial charge in [-0.1, -0.05) is 0 Å². The maximum atomic E-state index is 12.0. The second-order valence-electron chi connectivity index (χ2n) is 6.97. The number of halogens is 1. The fourth-order valence-corrected chi connectivity index (χ4v) is 4.11. The number of aryl methyl sites for hydroxylation is 2. The molecule has 0 aliphatic carbocycles. The number of esters is 1. The summed E-state index contributed by atoms with van der Waals surface area (Å²) in [6.07, 6.45) is 2.84. The average Bonchev–Trinajstić information content (AvgIpc) is 3.17. The van der Waals surface area contributed by atoms with E-state index in [0.717, 1.165) is 46.3 Å². The van der Waals surface area contributed by atoms with Gasteiger partial charge in [0.05, 0.1) is 25.2 Å². The summed E-state index contributed by atoms with van der Waals surface area (Å²) in [5.41, 5.74) is 2.93. The lowest BCUT2D eigenvalue weighted by molar-refractivity contribution is -0.686. The zero-order valence-electron chi connectivity index (χ0n) is 16.8. The van der Waals surface area contributed by atoms with Gasteiger partial charge in [0.25, 0.3) is 5.69 Å². The van der Waals surface area contributed by atoms with Crippen LogP contribution in [0.25, 0.3) is 22.0 Å². The molecule has 7 nitrogen and oxygen atoms in total. The second kappa shape index (κ2) is 7.57. The molecule has 0 radical (unpaired) electrons. The van der Waals surface area contributed by atoms with Crippen molar-refractivity contribution in [1.29, 1.82) is 0 Å². The van der Waals surface area contributed by atoms with Crippen molar-refractivity contribution in [3.63, 3.8) is 0 Å². The summed E-state index contributed by atoms with van der Waals surface area (Å²) in [7, 11) is 3.20. The number of hydrogen-bond acceptors (Lipinski definition) is 6. The van der Waals surface area contributed by atoms with Gasteiger partial charge >= 0.3 is 5.97 Å². The highest BCUT2D eigenvalue weighted by Gasteiger charge is 2.34. The molecule has 5 rings (SSSR count). The highest BCUT2D eigenvalue weighted by molar-refractivity contribution is 5.98. The van der Waals surface area contributed by atoms with Crippen LogP contribution in [0.1, 0.15) is 12.5 Å². The summed E-state index contributed by atoms with van der Waals surface area (Å²) in [6.45, 7) is 2.34. The monoisotopic (exact) mass is 429 g/mol. The molecule has 0 bridgehead atoms. The largest absolute Gasteiger partial charge is 1.00 e. The summed E-state index contributed by atoms with van der Waals surface area (Å²) in [5, 5.41) is 1.59. The van der Waals surface area contributed by atoms with Gasteiger partial charge in [-0.05, 0) is 29.8 Å². The van der Waals surface area contributed by atoms with Gasteiger partial charge in [-0.15, -0.1) is 0 Å². The molecular formula is C22H20ClNO6. The lowest BCUT2D eigenvalue weighted by atomic mass is 9.94. The number of ether oxygens (including phenoxy) is 5. The van der Waals surface area contributed by atoms with E-state index in [-0.39, 0.29) is 25.2 Å². The van der Waals surface area contributed by atoms with Crippen LogP contribution in [0.2, 0.25) is 0 Å². The maximum absolute atomic E-state index is 12.0. The number of carbonyl (C=O) groups is 1. The van der Waals surface area contributed by atoms with Crippen molar-refractivity contribution < 1.29 is 45.5 Å². The van der Waals surface area contributed by atoms with Crippen molar-refractivity contribution >= 4 is 16.7 Å². The molecule has 2 aliphatic rings. The van der Waals surface area contributed by atoms with Crippen molar-refractivity contribution in [1.82, 2.24) is 0 Å². The van der Waals surface area contributed by atoms with E-state index in [2.05, 4.69) is 4.57 Å². The third-order valence-corrected chi connectivity index (χ3v) is 5.34. The Bertz CT molecular complexity index is 1180. The van der Waals surface area contributed by atoms with Crippen LogP contribution in [0.5, 0.6) is 28.7 Å². The molecular weight excluding hydrogens is 410 g/mol. The van der Waals surface area contributed by atoms with E-state index in [0.29, 0.717) is 23.0 Å². The van der Waals surface area contributed by atoms with Gasteiger partial charge in [0, 0.05) is 18.7 Å². The minimum Gasteiger partial charge on any atom is -1.00 e. The first-order valence-electron chi connectivity index (χ1n) is 9.33. The number of benzene rings is 2. The molecule has 0 spiro atoms. The number of carbonyl (C=O) groups excluding carboxylic acids is 1. The van der Waals surface area contributed by atoms with Crippen LogP contribution in [0.3, 0.4) is 0 Å². The molecule has 0 unspecified atom stereocenters. The van der Waals surface area contributed by atoms with E-state index < -0.39 is 0 Å². The molecule has 3 heterocycles. The molecule has 0 N–H and O–H groups in total. The van der Waals surface area contributed by atoms with E-state index in [1.54, 1.807) is 14.2 Å². The second-order valence-corrected chi connectivity index (χ2v) is 6.97. The average molecular weight is 430 g/mol. The molecule has 1 aromatic heterocycles. The number of fused-ring (bicyclic) bond motifs is 5. The Labute approximate surface area is 179 Å². The Kier molecular flexibility index (Phi) is 5.07. The Morgan fingerprint density at radius 2 is 1.80 bits per heavy atom. The van der Waals surface area contributed by atoms with E-state index >= 15 is 0 Å². The van der Waals surface area contributed by atoms with Gasteiger partial charge in [-0.25, -0.2) is 0 Å². The topological polar surface area (TPSA) is 67.1 Å². The van der Waals surface area contributed by atoms with Crippen molar-refractivity contribution in [3.05, 3.63) is 36.0 Å². The first-order chi connectivity index (χ1) is 14.1. The number of nitrogens with zero attached hydrogens (tertiary/aromatic N) is 1. The van der Waals surface area contributed by atoms with Crippen LogP contribution < -0.4 is 40.7 Å². The van der Waals surface area contributed by atoms with Crippen LogP contribution in [0.4, 0.5) is 0 Å². The predicted octanol–water partition coefficient (Wildman–Crippen LogP) is 0.0256. The SMILES string of the molecule is COc1ccc2c(OC(C)=O)c3[n+](cc2c1OC)CCc1cc2c(cc1-3)OCO2.[Cl-]. The van der Waals surface area contributed by atoms with Crippen LogP contribution in [-0.4, -0.2) is 27.0 Å². The Morgan fingerprint density at radius 3 is 2.50 bits per heavy atom. The Hall–Kier alpha value is -3.19. The van der Waals surface area contributed by atoms with Gasteiger partial charge in [0.15, 0.2) is 35.7 Å². The molecule has 2 aromatic carbocycles. The lowest BCUT2D eigenvalue weighted by Gasteiger charge is -2.20. The molecule has 8 heteroatoms. The van der Waals surface area contributed by atoms with Crippen LogP contribution >= 0.6 is 0 Å². The van der Waals surface area contributed by atoms with Crippen molar-refractivity contribution in [2.75, 3.05) is 21.0 Å². The minimum absolute atomic E-state index is 0. The first-order valence-corrected chi connectivity index (χ1v) is 9.33. The van der Waals surface area contributed by atoms with E-state index in [1.165, 1.54) is 6.92 Å². The zero-order chi connectivity index (χ0) is 20.1. The van der Waals surface area contributed by atoms with Crippen LogP contribution in [-0.2, 0) is 17.8 Å². The molecule has 0 saturated carbocycles. The number of rotatable bonds is 3. The zero-order valence-corrected chi connectivity index (χ0v) is 17.5. The summed E-state index contributed by atoms with van der Waals surface area (Å²) in [5.74, 6) is 2.77. The molecule has 0 fully saturated rings. The fraction of sp³-hybridized carbons (Fsp3) is 0.273. The van der Waals surface area contributed by atoms with E-state index in [9.17, 15) is 4.79 Å². The van der Waals surface area contributed by atoms with E-state index in [4.69, 9.17) is 23.7 Å². The Balaban J connectivity index is 0.00000218.